The molecule has 38 heavy (non-hydrogen) atoms. The number of nitrogens with zero attached hydrogens (tertiary/aromatic N) is 3. The van der Waals surface area contributed by atoms with E-state index in [1.165, 1.54) is 23.3 Å². The minimum Gasteiger partial charge on any atom is -0.493 e. The number of benzene rings is 2. The maximum absolute atomic E-state index is 13.4. The molecule has 6 atom stereocenters. The topological polar surface area (TPSA) is 81.9 Å². The van der Waals surface area contributed by atoms with E-state index >= 15 is 0 Å². The summed E-state index contributed by atoms with van der Waals surface area (Å²) in [5, 5.41) is 11.9. The zero-order valence-corrected chi connectivity index (χ0v) is 21.5. The van der Waals surface area contributed by atoms with Crippen molar-refractivity contribution in [1.82, 2.24) is 15.1 Å². The van der Waals surface area contributed by atoms with Gasteiger partial charge in [-0.05, 0) is 68.8 Å². The molecule has 0 unspecified atom stereocenters. The number of likely N-dealkylation sites (tertiary alicyclic amines) is 1. The van der Waals surface area contributed by atoms with Crippen LogP contribution in [0.25, 0.3) is 0 Å². The average molecular weight is 517 g/mol. The van der Waals surface area contributed by atoms with E-state index in [4.69, 9.17) is 18.6 Å². The first-order valence-electron chi connectivity index (χ1n) is 13.1. The molecule has 4 bridgehead atoms. The van der Waals surface area contributed by atoms with Gasteiger partial charge in [-0.1, -0.05) is 23.3 Å². The number of halogens is 1. The van der Waals surface area contributed by atoms with Crippen LogP contribution in [-0.2, 0) is 16.6 Å². The van der Waals surface area contributed by atoms with E-state index in [1.807, 2.05) is 6.07 Å². The number of fused-ring (bicyclic) bond motifs is 1. The smallest absolute Gasteiger partial charge is 0.320 e. The molecule has 8 nitrogen and oxygen atoms in total. The van der Waals surface area contributed by atoms with Gasteiger partial charge < -0.3 is 28.8 Å². The summed E-state index contributed by atoms with van der Waals surface area (Å²) in [6, 6.07) is 10.9. The molecule has 2 fully saturated rings. The summed E-state index contributed by atoms with van der Waals surface area (Å²) >= 11 is 0. The lowest BCUT2D eigenvalue weighted by Crippen LogP contribution is -2.78. The third-order valence-corrected chi connectivity index (χ3v) is 10.1. The van der Waals surface area contributed by atoms with Crippen molar-refractivity contribution < 1.29 is 23.0 Å². The van der Waals surface area contributed by atoms with Crippen LogP contribution in [0.5, 0.6) is 11.5 Å². The summed E-state index contributed by atoms with van der Waals surface area (Å²) in [5.74, 6) is 1.63. The van der Waals surface area contributed by atoms with Crippen molar-refractivity contribution in [3.8, 4) is 11.5 Å². The molecule has 2 spiro atoms. The molecule has 4 aliphatic carbocycles. The Hall–Kier alpha value is -3.43. The van der Waals surface area contributed by atoms with Crippen molar-refractivity contribution in [3.63, 3.8) is 0 Å². The lowest BCUT2D eigenvalue weighted by molar-refractivity contribution is -0.200. The fraction of sp³-hybridized carbons (Fsp3) is 0.448. The van der Waals surface area contributed by atoms with E-state index in [0.29, 0.717) is 17.6 Å². The van der Waals surface area contributed by atoms with Gasteiger partial charge in [0, 0.05) is 29.8 Å². The molecule has 2 aliphatic heterocycles. The summed E-state index contributed by atoms with van der Waals surface area (Å²) in [4.78, 5) is 2.51. The summed E-state index contributed by atoms with van der Waals surface area (Å²) in [6.45, 7) is 0.993. The number of anilines is 2. The van der Waals surface area contributed by atoms with Gasteiger partial charge in [-0.25, -0.2) is 4.39 Å². The molecule has 3 aromatic rings. The number of likely N-dealkylation sites (N-methyl/N-ethyl adjacent to an activating group) is 1. The van der Waals surface area contributed by atoms with Crippen LogP contribution in [0.2, 0.25) is 0 Å². The van der Waals surface area contributed by atoms with Crippen molar-refractivity contribution in [2.24, 2.45) is 5.41 Å². The Bertz CT molecular complexity index is 1490. The lowest BCUT2D eigenvalue weighted by Gasteiger charge is -2.70. The van der Waals surface area contributed by atoms with Crippen LogP contribution in [-0.4, -0.2) is 60.7 Å². The number of aromatic nitrogens is 2. The lowest BCUT2D eigenvalue weighted by atomic mass is 9.37. The molecule has 1 saturated carbocycles. The van der Waals surface area contributed by atoms with Crippen LogP contribution in [0, 0.1) is 11.2 Å². The molecule has 1 N–H and O–H groups in total. The second kappa shape index (κ2) is 7.36. The van der Waals surface area contributed by atoms with Crippen molar-refractivity contribution in [2.45, 2.75) is 48.3 Å². The fourth-order valence-corrected chi connectivity index (χ4v) is 8.57. The third-order valence-electron chi connectivity index (χ3n) is 10.1. The molecule has 0 amide bonds. The van der Waals surface area contributed by atoms with Crippen molar-refractivity contribution >= 4 is 11.7 Å². The molecular formula is C29H29FN4O4. The molecule has 1 aromatic heterocycles. The summed E-state index contributed by atoms with van der Waals surface area (Å²) < 4.78 is 38.8. The highest BCUT2D eigenvalue weighted by Gasteiger charge is 2.79. The Kier molecular flexibility index (Phi) is 4.37. The number of hydrogen-bond acceptors (Lipinski definition) is 8. The Morgan fingerprint density at radius 3 is 2.74 bits per heavy atom. The molecular weight excluding hydrogens is 487 g/mol. The third kappa shape index (κ3) is 2.47. The van der Waals surface area contributed by atoms with Crippen LogP contribution in [0.3, 0.4) is 0 Å². The van der Waals surface area contributed by atoms with E-state index in [2.05, 4.69) is 45.7 Å². The summed E-state index contributed by atoms with van der Waals surface area (Å²) in [6.07, 6.45) is 7.08. The van der Waals surface area contributed by atoms with Gasteiger partial charge in [-0.15, -0.1) is 5.10 Å². The molecule has 6 aliphatic rings. The Morgan fingerprint density at radius 2 is 1.95 bits per heavy atom. The van der Waals surface area contributed by atoms with Crippen LogP contribution in [0.4, 0.5) is 16.1 Å². The van der Waals surface area contributed by atoms with Gasteiger partial charge in [0.1, 0.15) is 17.5 Å². The quantitative estimate of drug-likeness (QED) is 0.502. The largest absolute Gasteiger partial charge is 0.493 e. The highest BCUT2D eigenvalue weighted by Crippen LogP contribution is 2.75. The number of hydrogen-bond donors (Lipinski definition) is 1. The first-order valence-corrected chi connectivity index (χ1v) is 13.1. The molecule has 1 saturated heterocycles. The van der Waals surface area contributed by atoms with Gasteiger partial charge in [0.25, 0.3) is 0 Å². The number of methoxy groups -OCH3 is 2. The highest BCUT2D eigenvalue weighted by molar-refractivity contribution is 5.66. The van der Waals surface area contributed by atoms with Gasteiger partial charge in [0.2, 0.25) is 5.89 Å². The van der Waals surface area contributed by atoms with Crippen molar-refractivity contribution in [1.29, 1.82) is 0 Å². The van der Waals surface area contributed by atoms with Crippen molar-refractivity contribution in [2.75, 3.05) is 33.1 Å². The van der Waals surface area contributed by atoms with Gasteiger partial charge in [0.05, 0.1) is 18.4 Å². The number of rotatable bonds is 5. The SMILES string of the molecule is COc1ccc2c3c1O[C@H]1[C@@]4(OC)C=C[C@@]5(C[C@@H]4c4nnc(Nc6ccc(F)cc6)o4)[C@@H](C2)N(C)CC[C@]315. The average Bonchev–Trinajstić information content (AvgIpc) is 3.55. The second-order valence-electron chi connectivity index (χ2n) is 11.3. The van der Waals surface area contributed by atoms with E-state index in [-0.39, 0.29) is 34.7 Å². The van der Waals surface area contributed by atoms with Gasteiger partial charge in [-0.2, -0.15) is 0 Å². The first-order chi connectivity index (χ1) is 18.5. The van der Waals surface area contributed by atoms with Crippen molar-refractivity contribution in [3.05, 3.63) is 71.4 Å². The summed E-state index contributed by atoms with van der Waals surface area (Å²) in [7, 11) is 5.69. The molecule has 9 rings (SSSR count). The predicted octanol–water partition coefficient (Wildman–Crippen LogP) is 4.35. The van der Waals surface area contributed by atoms with Crippen LogP contribution >= 0.6 is 0 Å². The minimum atomic E-state index is -0.791. The normalized spacial score (nSPS) is 35.6. The standard InChI is InChI=1S/C29H29FN4O4/c1-34-13-12-28-22-16-4-9-20(35-2)23(22)37-25(28)29(36-3)11-10-27(28,21(34)14-16)15-19(29)24-32-33-26(38-24)31-18-7-5-17(30)6-8-18/h4-11,19,21,25H,12-15H2,1-3H3,(H,31,33)/t19-,21-,25-,27-,28+,29-/m1/s1. The molecule has 9 heteroatoms. The second-order valence-corrected chi connectivity index (χ2v) is 11.3. The Labute approximate surface area is 219 Å². The van der Waals surface area contributed by atoms with Crippen LogP contribution < -0.4 is 14.8 Å². The van der Waals surface area contributed by atoms with E-state index in [0.717, 1.165) is 37.3 Å². The first kappa shape index (κ1) is 22.5. The van der Waals surface area contributed by atoms with Gasteiger partial charge in [-0.3, -0.25) is 0 Å². The number of piperidine rings is 1. The van der Waals surface area contributed by atoms with E-state index in [1.54, 1.807) is 26.4 Å². The highest BCUT2D eigenvalue weighted by atomic mass is 19.1. The maximum Gasteiger partial charge on any atom is 0.320 e. The minimum absolute atomic E-state index is 0.181. The molecule has 3 heterocycles. The van der Waals surface area contributed by atoms with Gasteiger partial charge in [0.15, 0.2) is 11.5 Å². The Balaban J connectivity index is 1.27. The zero-order chi connectivity index (χ0) is 25.9. The van der Waals surface area contributed by atoms with Gasteiger partial charge >= 0.3 is 6.01 Å². The summed E-state index contributed by atoms with van der Waals surface area (Å²) in [5.41, 5.74) is 2.12. The van der Waals surface area contributed by atoms with Crippen LogP contribution in [0.15, 0.2) is 53.0 Å². The molecule has 196 valence electrons. The fourth-order valence-electron chi connectivity index (χ4n) is 8.57. The number of ether oxygens (including phenoxy) is 3. The maximum atomic E-state index is 13.4. The molecule has 2 aromatic carbocycles. The monoisotopic (exact) mass is 516 g/mol. The van der Waals surface area contributed by atoms with E-state index < -0.39 is 5.60 Å². The molecule has 0 radical (unpaired) electrons. The zero-order valence-electron chi connectivity index (χ0n) is 21.5. The van der Waals surface area contributed by atoms with E-state index in [9.17, 15) is 4.39 Å². The predicted molar refractivity (Wildman–Crippen MR) is 136 cm³/mol. The Morgan fingerprint density at radius 1 is 1.11 bits per heavy atom. The van der Waals surface area contributed by atoms with Crippen LogP contribution in [0.1, 0.15) is 35.8 Å². The number of nitrogens with one attached hydrogen (secondary N) is 1.